The van der Waals surface area contributed by atoms with Gasteiger partial charge in [0.2, 0.25) is 0 Å². The Morgan fingerprint density at radius 3 is 2.57 bits per heavy atom. The van der Waals surface area contributed by atoms with Gasteiger partial charge in [-0.2, -0.15) is 5.10 Å². The number of ether oxygens (including phenoxy) is 1. The summed E-state index contributed by atoms with van der Waals surface area (Å²) in [5, 5.41) is 11.8. The van der Waals surface area contributed by atoms with Crippen molar-refractivity contribution in [1.29, 1.82) is 0 Å². The highest BCUT2D eigenvalue weighted by atomic mass is 35.5. The number of anilines is 2. The Balaban J connectivity index is 1.75. The van der Waals surface area contributed by atoms with E-state index in [4.69, 9.17) is 28.6 Å². The van der Waals surface area contributed by atoms with Gasteiger partial charge in [-0.3, -0.25) is 4.68 Å². The lowest BCUT2D eigenvalue weighted by Gasteiger charge is -2.14. The molecule has 1 aromatic heterocycles. The zero-order valence-electron chi connectivity index (χ0n) is 15.7. The molecular formula is C20H20ClFN4OS. The molecule has 2 N–H and O–H groups in total. The van der Waals surface area contributed by atoms with Crippen molar-refractivity contribution >= 4 is 40.3 Å². The van der Waals surface area contributed by atoms with E-state index in [0.29, 0.717) is 28.1 Å². The molecule has 0 saturated heterocycles. The van der Waals surface area contributed by atoms with Crippen LogP contribution < -0.4 is 15.4 Å². The van der Waals surface area contributed by atoms with E-state index in [2.05, 4.69) is 15.7 Å². The van der Waals surface area contributed by atoms with Gasteiger partial charge in [0.25, 0.3) is 0 Å². The number of rotatable bonds is 5. The Morgan fingerprint density at radius 1 is 1.18 bits per heavy atom. The monoisotopic (exact) mass is 418 g/mol. The predicted molar refractivity (Wildman–Crippen MR) is 115 cm³/mol. The summed E-state index contributed by atoms with van der Waals surface area (Å²) in [7, 11) is 1.58. The lowest BCUT2D eigenvalue weighted by atomic mass is 10.2. The first-order valence-electron chi connectivity index (χ1n) is 8.57. The third kappa shape index (κ3) is 4.61. The highest BCUT2D eigenvalue weighted by Crippen LogP contribution is 2.28. The molecule has 0 unspecified atom stereocenters. The maximum absolute atomic E-state index is 13.1. The van der Waals surface area contributed by atoms with Crippen molar-refractivity contribution in [2.24, 2.45) is 0 Å². The third-order valence-electron chi connectivity index (χ3n) is 4.28. The Kier molecular flexibility index (Phi) is 6.16. The molecule has 0 amide bonds. The van der Waals surface area contributed by atoms with E-state index >= 15 is 0 Å². The molecule has 0 bridgehead atoms. The molecule has 3 aromatic rings. The third-order valence-corrected chi connectivity index (χ3v) is 4.71. The second kappa shape index (κ2) is 8.58. The van der Waals surface area contributed by atoms with Crippen molar-refractivity contribution in [3.8, 4) is 5.75 Å². The van der Waals surface area contributed by atoms with Crippen LogP contribution >= 0.6 is 23.8 Å². The predicted octanol–water partition coefficient (Wildman–Crippen LogP) is 5.16. The van der Waals surface area contributed by atoms with Crippen LogP contribution in [0.15, 0.2) is 42.5 Å². The largest absolute Gasteiger partial charge is 0.495 e. The fourth-order valence-corrected chi connectivity index (χ4v) is 3.22. The molecule has 5 nitrogen and oxygen atoms in total. The molecular weight excluding hydrogens is 399 g/mol. The number of hydrogen-bond donors (Lipinski definition) is 2. The number of halogens is 2. The molecule has 8 heteroatoms. The minimum atomic E-state index is -0.257. The molecule has 0 saturated carbocycles. The minimum absolute atomic E-state index is 0.257. The fourth-order valence-electron chi connectivity index (χ4n) is 2.84. The maximum Gasteiger partial charge on any atom is 0.175 e. The molecule has 2 aromatic carbocycles. The van der Waals surface area contributed by atoms with Crippen molar-refractivity contribution in [2.75, 3.05) is 17.7 Å². The first-order chi connectivity index (χ1) is 13.4. The van der Waals surface area contributed by atoms with Gasteiger partial charge in [-0.1, -0.05) is 23.7 Å². The molecule has 0 radical (unpaired) electrons. The zero-order valence-corrected chi connectivity index (χ0v) is 17.3. The summed E-state index contributed by atoms with van der Waals surface area (Å²) in [5.74, 6) is 0.376. The highest BCUT2D eigenvalue weighted by molar-refractivity contribution is 7.80. The first kappa shape index (κ1) is 20.1. The summed E-state index contributed by atoms with van der Waals surface area (Å²) < 4.78 is 20.3. The van der Waals surface area contributed by atoms with Gasteiger partial charge in [0.1, 0.15) is 11.6 Å². The topological polar surface area (TPSA) is 51.1 Å². The van der Waals surface area contributed by atoms with Gasteiger partial charge in [0.15, 0.2) is 5.11 Å². The van der Waals surface area contributed by atoms with E-state index in [9.17, 15) is 4.39 Å². The number of methoxy groups -OCH3 is 1. The zero-order chi connectivity index (χ0) is 20.3. The summed E-state index contributed by atoms with van der Waals surface area (Å²) in [6.07, 6.45) is 0. The van der Waals surface area contributed by atoms with Gasteiger partial charge in [0.05, 0.1) is 36.4 Å². The SMILES string of the molecule is COc1ccc(Cl)cc1NC(=S)Nc1c(C)nn(Cc2ccc(F)cc2)c1C. The standard InChI is InChI=1S/C20H20ClFN4OS/c1-12-19(13(2)26(25-12)11-14-4-7-16(22)8-5-14)24-20(28)23-17-10-15(21)6-9-18(17)27-3/h4-10H,11H2,1-3H3,(H2,23,24,28). The summed E-state index contributed by atoms with van der Waals surface area (Å²) in [6.45, 7) is 4.39. The molecule has 146 valence electrons. The highest BCUT2D eigenvalue weighted by Gasteiger charge is 2.14. The van der Waals surface area contributed by atoms with Crippen LogP contribution in [-0.2, 0) is 6.54 Å². The van der Waals surface area contributed by atoms with Crippen LogP contribution in [0.2, 0.25) is 5.02 Å². The Morgan fingerprint density at radius 2 is 1.89 bits per heavy atom. The summed E-state index contributed by atoms with van der Waals surface area (Å²) >= 11 is 11.5. The van der Waals surface area contributed by atoms with Crippen molar-refractivity contribution < 1.29 is 9.13 Å². The number of aromatic nitrogens is 2. The maximum atomic E-state index is 13.1. The average Bonchev–Trinajstić information content (AvgIpc) is 2.91. The van der Waals surface area contributed by atoms with Crippen molar-refractivity contribution in [2.45, 2.75) is 20.4 Å². The summed E-state index contributed by atoms with van der Waals surface area (Å²) in [6, 6.07) is 11.6. The molecule has 3 rings (SSSR count). The quantitative estimate of drug-likeness (QED) is 0.560. The first-order valence-corrected chi connectivity index (χ1v) is 9.36. The lowest BCUT2D eigenvalue weighted by Crippen LogP contribution is -2.20. The van der Waals surface area contributed by atoms with Crippen LogP contribution in [0.3, 0.4) is 0 Å². The number of nitrogens with one attached hydrogen (secondary N) is 2. The number of aryl methyl sites for hydroxylation is 1. The molecule has 0 spiro atoms. The number of hydrogen-bond acceptors (Lipinski definition) is 3. The Bertz CT molecular complexity index is 1000. The van der Waals surface area contributed by atoms with E-state index in [0.717, 1.165) is 22.6 Å². The molecule has 28 heavy (non-hydrogen) atoms. The molecule has 0 atom stereocenters. The normalized spacial score (nSPS) is 10.6. The van der Waals surface area contributed by atoms with Crippen molar-refractivity contribution in [1.82, 2.24) is 9.78 Å². The second-order valence-electron chi connectivity index (χ2n) is 6.25. The average molecular weight is 419 g/mol. The van der Waals surface area contributed by atoms with E-state index in [-0.39, 0.29) is 5.82 Å². The van der Waals surface area contributed by atoms with Gasteiger partial charge < -0.3 is 15.4 Å². The Hall–Kier alpha value is -2.64. The van der Waals surface area contributed by atoms with Gasteiger partial charge in [-0.05, 0) is 62.0 Å². The van der Waals surface area contributed by atoms with Gasteiger partial charge >= 0.3 is 0 Å². The molecule has 0 fully saturated rings. The molecule has 1 heterocycles. The van der Waals surface area contributed by atoms with Gasteiger partial charge in [-0.25, -0.2) is 4.39 Å². The molecule has 0 aliphatic rings. The van der Waals surface area contributed by atoms with E-state index in [1.54, 1.807) is 37.4 Å². The smallest absolute Gasteiger partial charge is 0.175 e. The van der Waals surface area contributed by atoms with Crippen LogP contribution in [0.25, 0.3) is 0 Å². The number of benzene rings is 2. The fraction of sp³-hybridized carbons (Fsp3) is 0.200. The van der Waals surface area contributed by atoms with Crippen LogP contribution in [0.1, 0.15) is 17.0 Å². The van der Waals surface area contributed by atoms with E-state index in [1.165, 1.54) is 12.1 Å². The van der Waals surface area contributed by atoms with Crippen LogP contribution in [-0.4, -0.2) is 22.0 Å². The van der Waals surface area contributed by atoms with Gasteiger partial charge in [-0.15, -0.1) is 0 Å². The van der Waals surface area contributed by atoms with Gasteiger partial charge in [0, 0.05) is 5.02 Å². The number of thiocarbonyl (C=S) groups is 1. The van der Waals surface area contributed by atoms with Crippen molar-refractivity contribution in [3.63, 3.8) is 0 Å². The van der Waals surface area contributed by atoms with Crippen LogP contribution in [0.5, 0.6) is 5.75 Å². The minimum Gasteiger partial charge on any atom is -0.495 e. The van der Waals surface area contributed by atoms with Crippen LogP contribution in [0.4, 0.5) is 15.8 Å². The Labute approximate surface area is 173 Å². The summed E-state index contributed by atoms with van der Waals surface area (Å²) in [5.41, 5.74) is 4.18. The van der Waals surface area contributed by atoms with Crippen LogP contribution in [0, 0.1) is 19.7 Å². The lowest BCUT2D eigenvalue weighted by molar-refractivity contribution is 0.417. The molecule has 0 aliphatic heterocycles. The van der Waals surface area contributed by atoms with E-state index in [1.807, 2.05) is 18.5 Å². The summed E-state index contributed by atoms with van der Waals surface area (Å²) in [4.78, 5) is 0. The second-order valence-corrected chi connectivity index (χ2v) is 7.10. The number of nitrogens with zero attached hydrogens (tertiary/aromatic N) is 2. The van der Waals surface area contributed by atoms with Crippen molar-refractivity contribution in [3.05, 3.63) is 70.3 Å². The molecule has 0 aliphatic carbocycles. The van der Waals surface area contributed by atoms with E-state index < -0.39 is 0 Å².